The van der Waals surface area contributed by atoms with Crippen molar-refractivity contribution in [1.82, 2.24) is 9.97 Å². The number of nitrogens with one attached hydrogen (secondary N) is 1. The van der Waals surface area contributed by atoms with Crippen molar-refractivity contribution in [3.8, 4) is 22.5 Å². The van der Waals surface area contributed by atoms with Gasteiger partial charge in [0.1, 0.15) is 5.82 Å². The summed E-state index contributed by atoms with van der Waals surface area (Å²) in [5, 5.41) is 0. The predicted molar refractivity (Wildman–Crippen MR) is 98.0 cm³/mol. The molecule has 1 aliphatic rings. The number of imidazole rings is 1. The second-order valence-corrected chi connectivity index (χ2v) is 6.65. The Balaban J connectivity index is 1.69. The molecular weight excluding hydrogens is 351 g/mol. The Labute approximate surface area is 152 Å². The van der Waals surface area contributed by atoms with Gasteiger partial charge in [0.25, 0.3) is 0 Å². The fourth-order valence-electron chi connectivity index (χ4n) is 3.82. The van der Waals surface area contributed by atoms with Crippen molar-refractivity contribution in [2.24, 2.45) is 5.73 Å². The lowest BCUT2D eigenvalue weighted by molar-refractivity contribution is -0.137. The number of fused-ring (bicyclic) bond motifs is 4. The van der Waals surface area contributed by atoms with E-state index in [0.29, 0.717) is 16.9 Å². The van der Waals surface area contributed by atoms with Gasteiger partial charge in [0.2, 0.25) is 0 Å². The van der Waals surface area contributed by atoms with Crippen LogP contribution in [0.4, 0.5) is 13.2 Å². The van der Waals surface area contributed by atoms with E-state index in [1.54, 1.807) is 0 Å². The highest BCUT2D eigenvalue weighted by atomic mass is 19.4. The summed E-state index contributed by atoms with van der Waals surface area (Å²) < 4.78 is 38.9. The van der Waals surface area contributed by atoms with E-state index in [2.05, 4.69) is 9.97 Å². The van der Waals surface area contributed by atoms with Crippen LogP contribution in [-0.4, -0.2) is 9.97 Å². The molecule has 0 amide bonds. The summed E-state index contributed by atoms with van der Waals surface area (Å²) in [5.41, 5.74) is 11.5. The molecule has 1 aromatic heterocycles. The Hall–Kier alpha value is -3.12. The number of H-pyrrole nitrogens is 1. The third-order valence-electron chi connectivity index (χ3n) is 5.07. The maximum absolute atomic E-state index is 13.0. The third kappa shape index (κ3) is 2.37. The molecule has 0 radical (unpaired) electrons. The number of alkyl halides is 3. The zero-order valence-electron chi connectivity index (χ0n) is 14.0. The van der Waals surface area contributed by atoms with Crippen molar-refractivity contribution < 1.29 is 13.2 Å². The van der Waals surface area contributed by atoms with Crippen LogP contribution in [0.15, 0.2) is 60.7 Å². The Bertz CT molecular complexity index is 1190. The molecule has 3 N–H and O–H groups in total. The van der Waals surface area contributed by atoms with Crippen LogP contribution < -0.4 is 5.73 Å². The number of nitrogens with two attached hydrogens (primary N) is 1. The standard InChI is InChI=1S/C21H14F3N3/c22-21(23,24)11-8-9-16-17(10-11)27-20(26-16)15-7-3-6-13-12-4-1-2-5-14(12)19(25)18(13)15/h1-10,19H,25H2,(H,26,27). The molecule has 4 aromatic rings. The minimum absolute atomic E-state index is 0.300. The van der Waals surface area contributed by atoms with Gasteiger partial charge in [0.15, 0.2) is 0 Å². The normalized spacial score (nSPS) is 15.8. The van der Waals surface area contributed by atoms with Crippen LogP contribution in [0.5, 0.6) is 0 Å². The highest BCUT2D eigenvalue weighted by Crippen LogP contribution is 2.46. The van der Waals surface area contributed by atoms with E-state index in [9.17, 15) is 13.2 Å². The maximum atomic E-state index is 13.0. The third-order valence-corrected chi connectivity index (χ3v) is 5.07. The lowest BCUT2D eigenvalue weighted by atomic mass is 9.99. The average Bonchev–Trinajstić information content (AvgIpc) is 3.21. The van der Waals surface area contributed by atoms with Crippen LogP contribution in [-0.2, 0) is 6.18 Å². The average molecular weight is 365 g/mol. The number of hydrogen-bond donors (Lipinski definition) is 2. The molecule has 0 aliphatic heterocycles. The van der Waals surface area contributed by atoms with E-state index < -0.39 is 11.7 Å². The first kappa shape index (κ1) is 16.1. The number of rotatable bonds is 1. The van der Waals surface area contributed by atoms with Crippen LogP contribution in [0.1, 0.15) is 22.7 Å². The second-order valence-electron chi connectivity index (χ2n) is 6.65. The van der Waals surface area contributed by atoms with Crippen LogP contribution in [0.2, 0.25) is 0 Å². The highest BCUT2D eigenvalue weighted by Gasteiger charge is 2.31. The predicted octanol–water partition coefficient (Wildman–Crippen LogP) is 5.28. The number of aromatic amines is 1. The molecule has 27 heavy (non-hydrogen) atoms. The molecule has 0 fully saturated rings. The van der Waals surface area contributed by atoms with Crippen molar-refractivity contribution in [1.29, 1.82) is 0 Å². The second kappa shape index (κ2) is 5.44. The molecule has 1 heterocycles. The smallest absolute Gasteiger partial charge is 0.338 e. The number of benzene rings is 3. The minimum Gasteiger partial charge on any atom is -0.338 e. The first-order valence-electron chi connectivity index (χ1n) is 8.48. The zero-order chi connectivity index (χ0) is 18.8. The Morgan fingerprint density at radius 3 is 2.44 bits per heavy atom. The summed E-state index contributed by atoms with van der Waals surface area (Å²) in [6.07, 6.45) is -4.39. The monoisotopic (exact) mass is 365 g/mol. The van der Waals surface area contributed by atoms with Gasteiger partial charge in [-0.3, -0.25) is 0 Å². The molecule has 3 aromatic carbocycles. The molecule has 0 saturated carbocycles. The molecule has 0 spiro atoms. The minimum atomic E-state index is -4.39. The Morgan fingerprint density at radius 2 is 1.63 bits per heavy atom. The van der Waals surface area contributed by atoms with Crippen molar-refractivity contribution in [3.05, 3.63) is 77.4 Å². The van der Waals surface area contributed by atoms with E-state index in [0.717, 1.165) is 39.9 Å². The Morgan fingerprint density at radius 1 is 0.889 bits per heavy atom. The van der Waals surface area contributed by atoms with E-state index >= 15 is 0 Å². The van der Waals surface area contributed by atoms with E-state index in [4.69, 9.17) is 5.73 Å². The van der Waals surface area contributed by atoms with Crippen molar-refractivity contribution in [3.63, 3.8) is 0 Å². The summed E-state index contributed by atoms with van der Waals surface area (Å²) >= 11 is 0. The molecular formula is C21H14F3N3. The zero-order valence-corrected chi connectivity index (χ0v) is 14.0. The number of aromatic nitrogens is 2. The molecule has 134 valence electrons. The van der Waals surface area contributed by atoms with Crippen molar-refractivity contribution >= 4 is 11.0 Å². The first-order chi connectivity index (χ1) is 12.9. The number of nitrogens with zero attached hydrogens (tertiary/aromatic N) is 1. The number of hydrogen-bond acceptors (Lipinski definition) is 2. The molecule has 1 unspecified atom stereocenters. The molecule has 3 nitrogen and oxygen atoms in total. The van der Waals surface area contributed by atoms with Gasteiger partial charge in [-0.1, -0.05) is 42.5 Å². The largest absolute Gasteiger partial charge is 0.416 e. The number of halogens is 3. The van der Waals surface area contributed by atoms with Crippen molar-refractivity contribution in [2.45, 2.75) is 12.2 Å². The van der Waals surface area contributed by atoms with Gasteiger partial charge in [0.05, 0.1) is 22.6 Å². The summed E-state index contributed by atoms with van der Waals surface area (Å²) in [6.45, 7) is 0. The first-order valence-corrected chi connectivity index (χ1v) is 8.48. The molecule has 0 bridgehead atoms. The molecule has 1 aliphatic carbocycles. The lowest BCUT2D eigenvalue weighted by Gasteiger charge is -2.11. The molecule has 0 saturated heterocycles. The quantitative estimate of drug-likeness (QED) is 0.482. The fourth-order valence-corrected chi connectivity index (χ4v) is 3.82. The summed E-state index contributed by atoms with van der Waals surface area (Å²) in [4.78, 5) is 7.54. The molecule has 6 heteroatoms. The lowest BCUT2D eigenvalue weighted by Crippen LogP contribution is -2.09. The fraction of sp³-hybridized carbons (Fsp3) is 0.0952. The van der Waals surface area contributed by atoms with Crippen LogP contribution in [0, 0.1) is 0 Å². The molecule has 1 atom stereocenters. The van der Waals surface area contributed by atoms with Gasteiger partial charge in [-0.25, -0.2) is 4.98 Å². The van der Waals surface area contributed by atoms with Gasteiger partial charge in [0, 0.05) is 5.56 Å². The van der Waals surface area contributed by atoms with Gasteiger partial charge in [-0.05, 0) is 40.5 Å². The van der Waals surface area contributed by atoms with Crippen LogP contribution in [0.25, 0.3) is 33.5 Å². The Kier molecular flexibility index (Phi) is 3.24. The maximum Gasteiger partial charge on any atom is 0.416 e. The molecule has 5 rings (SSSR count). The SMILES string of the molecule is NC1c2ccccc2-c2cccc(-c3nc4ccc(C(F)(F)F)cc4[nH]3)c21. The van der Waals surface area contributed by atoms with E-state index in [1.807, 2.05) is 42.5 Å². The van der Waals surface area contributed by atoms with Gasteiger partial charge >= 0.3 is 6.18 Å². The van der Waals surface area contributed by atoms with E-state index in [1.165, 1.54) is 6.07 Å². The van der Waals surface area contributed by atoms with Crippen LogP contribution in [0.3, 0.4) is 0 Å². The summed E-state index contributed by atoms with van der Waals surface area (Å²) in [5.74, 6) is 0.518. The summed E-state index contributed by atoms with van der Waals surface area (Å²) in [6, 6.07) is 17.0. The highest BCUT2D eigenvalue weighted by molar-refractivity contribution is 5.87. The van der Waals surface area contributed by atoms with Crippen LogP contribution >= 0.6 is 0 Å². The topological polar surface area (TPSA) is 54.7 Å². The van der Waals surface area contributed by atoms with Crippen molar-refractivity contribution in [2.75, 3.05) is 0 Å². The van der Waals surface area contributed by atoms with Gasteiger partial charge < -0.3 is 10.7 Å². The van der Waals surface area contributed by atoms with Gasteiger partial charge in [-0.2, -0.15) is 13.2 Å². The van der Waals surface area contributed by atoms with Gasteiger partial charge in [-0.15, -0.1) is 0 Å². The summed E-state index contributed by atoms with van der Waals surface area (Å²) in [7, 11) is 0. The van der Waals surface area contributed by atoms with E-state index in [-0.39, 0.29) is 6.04 Å².